The summed E-state index contributed by atoms with van der Waals surface area (Å²) in [6.45, 7) is 19.5. The van der Waals surface area contributed by atoms with Gasteiger partial charge in [-0.25, -0.2) is 0 Å². The smallest absolute Gasteiger partial charge is 0.355 e. The molecule has 0 aromatic heterocycles. The van der Waals surface area contributed by atoms with Crippen LogP contribution in [0.5, 0.6) is 0 Å². The highest BCUT2D eigenvalue weighted by molar-refractivity contribution is 8.24. The maximum absolute atomic E-state index is 8.74. The molecule has 6 nitrogen and oxygen atoms in total. The molecule has 1 aliphatic heterocycles. The number of aliphatic hydroxyl groups excluding tert-OH is 2. The van der Waals surface area contributed by atoms with Crippen molar-refractivity contribution in [2.45, 2.75) is 244 Å². The van der Waals surface area contributed by atoms with Crippen LogP contribution in [0.25, 0.3) is 0 Å². The molecule has 466 valence electrons. The van der Waals surface area contributed by atoms with E-state index in [0.717, 1.165) is 117 Å². The summed E-state index contributed by atoms with van der Waals surface area (Å²) in [4.78, 5) is 0. The van der Waals surface area contributed by atoms with Crippen LogP contribution in [0.4, 0.5) is 0 Å². The lowest BCUT2D eigenvalue weighted by atomic mass is 10.1. The number of hydrogen-bond donors (Lipinski definition) is 2. The first-order valence-electron chi connectivity index (χ1n) is 32.4. The Balaban J connectivity index is 0.000000542. The molecule has 1 heterocycles. The normalized spacial score (nSPS) is 14.0. The average molecular weight is 1250 g/mol. The molecule has 85 heavy (non-hydrogen) atoms. The van der Waals surface area contributed by atoms with Crippen molar-refractivity contribution in [3.63, 3.8) is 0 Å². The van der Waals surface area contributed by atoms with Crippen LogP contribution in [0.1, 0.15) is 216 Å². The Hall–Kier alpha value is -3.74. The average Bonchev–Trinajstić information content (AvgIpc) is 1.18. The van der Waals surface area contributed by atoms with E-state index in [4.69, 9.17) is 29.8 Å². The number of hydrogen-bond acceptors (Lipinski definition) is 7. The standard InChI is InChI=1S/C39H56O3Si.C34H48O2Si.CH4O.H2P2S/c1-35(42-43(39(2,3)4,36-28-20-17-21-29-36)37-30-22-18-23-31-37)27-19-15-13-11-9-7-5-6-8-10-12-14-16-25-33-40-38-32-24-26-34-41-38;1-31(25-19-15-13-11-9-7-5-6-8-10-12-14-16-24-30-35)36-37(34(2,3)4,32-26-20-17-21-27-32)33-28-22-18-23-29-33;1-2;1-2-3/h17-18,20-23,28-31,35,38H,5-10,15-16,19,24-27,32-34H2,1-4H3;17-18,20-23,26-29,31,35H,5-10,15-16,19,24-25,30H2,1-4H3;2H,1H3;1H2/p+1/t35-,38?;31-;;/m00../s1/i/hT. The summed E-state index contributed by atoms with van der Waals surface area (Å²) < 4.78 is 32.1. The molecule has 1 aliphatic rings. The van der Waals surface area contributed by atoms with Crippen molar-refractivity contribution < 1.29 is 28.5 Å². The Morgan fingerprint density at radius 1 is 0.518 bits per heavy atom. The summed E-state index contributed by atoms with van der Waals surface area (Å²) >= 11 is 4.31. The Bertz CT molecular complexity index is 2520. The highest BCUT2D eigenvalue weighted by Crippen LogP contribution is 2.39. The van der Waals surface area contributed by atoms with Crippen LogP contribution in [-0.4, -0.2) is 73.6 Å². The van der Waals surface area contributed by atoms with Crippen LogP contribution >= 0.6 is 15.9 Å². The van der Waals surface area contributed by atoms with Gasteiger partial charge in [-0.1, -0.05) is 189 Å². The fourth-order valence-corrected chi connectivity index (χ4v) is 20.2. The topological polar surface area (TPSA) is 77.4 Å². The molecule has 5 atom stereocenters. The summed E-state index contributed by atoms with van der Waals surface area (Å²) in [5.41, 5.74) is 0. The highest BCUT2D eigenvalue weighted by atomic mass is 32.6. The number of benzene rings is 4. The Labute approximate surface area is 531 Å². The maximum Gasteiger partial charge on any atom is 0.355 e. The highest BCUT2D eigenvalue weighted by Gasteiger charge is 2.52. The Morgan fingerprint density at radius 2 is 0.812 bits per heavy atom. The second kappa shape index (κ2) is 48.2. The third kappa shape index (κ3) is 31.3. The molecule has 2 N–H and O–H groups in total. The molecule has 0 radical (unpaired) electrons. The molecule has 5 rings (SSSR count). The molecule has 11 heteroatoms. The van der Waals surface area contributed by atoms with Gasteiger partial charge in [-0.15, -0.1) is 47.4 Å². The van der Waals surface area contributed by atoms with Gasteiger partial charge in [0, 0.05) is 83.9 Å². The molecular weight excluding hydrogens is 1130 g/mol. The third-order valence-corrected chi connectivity index (χ3v) is 25.3. The quantitative estimate of drug-likeness (QED) is 0.0233. The van der Waals surface area contributed by atoms with E-state index in [0.29, 0.717) is 0 Å². The molecule has 0 bridgehead atoms. The molecule has 0 saturated carbocycles. The molecule has 4 aromatic carbocycles. The summed E-state index contributed by atoms with van der Waals surface area (Å²) in [7, 11) is -1.75. The molecule has 1 saturated heterocycles. The molecule has 4 aromatic rings. The van der Waals surface area contributed by atoms with Gasteiger partial charge in [0.25, 0.3) is 16.6 Å². The second-order valence-electron chi connectivity index (χ2n) is 23.9. The van der Waals surface area contributed by atoms with Crippen LogP contribution in [0.3, 0.4) is 0 Å². The van der Waals surface area contributed by atoms with E-state index in [2.05, 4.69) is 245 Å². The van der Waals surface area contributed by atoms with Gasteiger partial charge in [0.15, 0.2) is 25.1 Å². The monoisotopic (exact) mass is 1250 g/mol. The van der Waals surface area contributed by atoms with E-state index >= 15 is 0 Å². The zero-order chi connectivity index (χ0) is 63.0. The zero-order valence-corrected chi connectivity index (χ0v) is 58.9. The fraction of sp³-hybridized carbons (Fsp3) is 0.568. The number of rotatable bonds is 30. The van der Waals surface area contributed by atoms with Crippen molar-refractivity contribution >= 4 is 65.1 Å². The van der Waals surface area contributed by atoms with Crippen molar-refractivity contribution in [1.82, 2.24) is 0 Å². The Morgan fingerprint density at radius 3 is 1.09 bits per heavy atom. The van der Waals surface area contributed by atoms with Crippen molar-refractivity contribution in [3.05, 3.63) is 121 Å². The van der Waals surface area contributed by atoms with Crippen LogP contribution in [0.2, 0.25) is 10.1 Å². The summed E-state index contributed by atoms with van der Waals surface area (Å²) in [6.07, 6.45) is 27.1. The number of unbranched alkanes of at least 4 members (excludes halogenated alkanes) is 14. The number of ether oxygens (including phenoxy) is 2. The first-order chi connectivity index (χ1) is 41.6. The molecule has 0 aliphatic carbocycles. The SMILES string of the molecule is CO.C[C@@H](CCCC#CCCCCCCC#CCCCO)O[Si](c1ccccc1)(c1ccccc1)C(C)(C)C.C[C@@H](CCCC#CCCCCCCC#CCCCOC1CCCCO1)O[Si](c1ccccc1)(c1ccccc1)C(C)(C)C.[3H][P+](P)=S. The van der Waals surface area contributed by atoms with Crippen LogP contribution < -0.4 is 20.7 Å². The molecular formula is C74H111O6P2SSi2+. The lowest BCUT2D eigenvalue weighted by Crippen LogP contribution is -2.67. The van der Waals surface area contributed by atoms with Gasteiger partial charge in [-0.05, 0) is 128 Å². The van der Waals surface area contributed by atoms with E-state index in [1.807, 2.05) is 0 Å². The minimum absolute atomic E-state index is 0.00968. The lowest BCUT2D eigenvalue weighted by molar-refractivity contribution is -0.162. The van der Waals surface area contributed by atoms with Crippen LogP contribution in [-0.2, 0) is 30.1 Å². The minimum Gasteiger partial charge on any atom is -0.405 e. The molecule has 3 unspecified atom stereocenters. The van der Waals surface area contributed by atoms with Gasteiger partial charge < -0.3 is 28.5 Å². The van der Waals surface area contributed by atoms with Crippen molar-refractivity contribution in [2.75, 3.05) is 26.9 Å². The summed E-state index contributed by atoms with van der Waals surface area (Å²) in [5, 5.41) is 21.1. The zero-order valence-electron chi connectivity index (χ0n) is 55.0. The lowest BCUT2D eigenvalue weighted by Gasteiger charge is -2.44. The first-order valence-corrected chi connectivity index (χ1v) is 39.3. The largest absolute Gasteiger partial charge is 0.405 e. The summed E-state index contributed by atoms with van der Waals surface area (Å²) in [5.74, 6) is 26.5. The molecule has 0 spiro atoms. The van der Waals surface area contributed by atoms with Gasteiger partial charge in [0.2, 0.25) is 0 Å². The van der Waals surface area contributed by atoms with Gasteiger partial charge >= 0.3 is 1.28 Å². The predicted octanol–water partition coefficient (Wildman–Crippen LogP) is 16.6. The van der Waals surface area contributed by atoms with E-state index in [-0.39, 0.29) is 35.2 Å². The van der Waals surface area contributed by atoms with Gasteiger partial charge in [-0.3, -0.25) is 0 Å². The summed E-state index contributed by atoms with van der Waals surface area (Å²) in [6, 6.07) is 43.7. The van der Waals surface area contributed by atoms with E-state index in [9.17, 15) is 0 Å². The van der Waals surface area contributed by atoms with Gasteiger partial charge in [0.05, 0.1) is 15.5 Å². The second-order valence-corrected chi connectivity index (χ2v) is 35.2. The van der Waals surface area contributed by atoms with Gasteiger partial charge in [0.1, 0.15) is 0 Å². The fourth-order valence-electron chi connectivity index (χ4n) is 10.7. The van der Waals surface area contributed by atoms with Crippen LogP contribution in [0.15, 0.2) is 121 Å². The number of aliphatic hydroxyl groups is 2. The third-order valence-electron chi connectivity index (χ3n) is 15.0. The van der Waals surface area contributed by atoms with Crippen molar-refractivity contribution in [2.24, 2.45) is 0 Å². The first kappa shape index (κ1) is 75.5. The molecule has 0 amide bonds. The van der Waals surface area contributed by atoms with Crippen molar-refractivity contribution in [3.8, 4) is 47.4 Å². The maximum atomic E-state index is 8.74. The predicted molar refractivity (Wildman–Crippen MR) is 379 cm³/mol. The van der Waals surface area contributed by atoms with E-state index in [1.54, 1.807) is 0 Å². The minimum atomic E-state index is -2.48. The van der Waals surface area contributed by atoms with Crippen molar-refractivity contribution in [1.29, 1.82) is 1.28 Å². The Kier molecular flexibility index (Phi) is 42.8. The van der Waals surface area contributed by atoms with Gasteiger partial charge in [-0.2, -0.15) is 0 Å². The van der Waals surface area contributed by atoms with E-state index in [1.165, 1.54) is 85.0 Å². The molecule has 1 fully saturated rings. The van der Waals surface area contributed by atoms with Crippen LogP contribution in [0, 0.1) is 47.4 Å². The van der Waals surface area contributed by atoms with E-state index < -0.39 is 23.6 Å².